The van der Waals surface area contributed by atoms with Crippen LogP contribution < -0.4 is 10.5 Å². The number of ether oxygens (including phenoxy) is 1. The Morgan fingerprint density at radius 1 is 1.38 bits per heavy atom. The molecule has 1 unspecified atom stereocenters. The van der Waals surface area contributed by atoms with E-state index in [4.69, 9.17) is 10.5 Å². The fourth-order valence-corrected chi connectivity index (χ4v) is 2.45. The summed E-state index contributed by atoms with van der Waals surface area (Å²) < 4.78 is 5.40. The molecule has 1 aromatic carbocycles. The van der Waals surface area contributed by atoms with Gasteiger partial charge in [-0.2, -0.15) is 0 Å². The van der Waals surface area contributed by atoms with Gasteiger partial charge in [0.15, 0.2) is 0 Å². The first kappa shape index (κ1) is 11.5. The number of benzene rings is 1. The van der Waals surface area contributed by atoms with Gasteiger partial charge in [-0.1, -0.05) is 25.1 Å². The minimum atomic E-state index is 0.245. The summed E-state index contributed by atoms with van der Waals surface area (Å²) in [5, 5.41) is 0. The zero-order valence-corrected chi connectivity index (χ0v) is 10.2. The number of rotatable bonds is 5. The summed E-state index contributed by atoms with van der Waals surface area (Å²) >= 11 is 0. The SMILES string of the molecule is COc1ccccc1CC(C)(CN)C1CC1. The molecule has 2 rings (SSSR count). The second-order valence-electron chi connectivity index (χ2n) is 5.12. The molecule has 1 aliphatic carbocycles. The molecule has 1 atom stereocenters. The molecule has 0 saturated heterocycles. The van der Waals surface area contributed by atoms with Gasteiger partial charge in [0.25, 0.3) is 0 Å². The average molecular weight is 219 g/mol. The molecule has 0 amide bonds. The third kappa shape index (κ3) is 2.22. The highest BCUT2D eigenvalue weighted by molar-refractivity contribution is 5.34. The van der Waals surface area contributed by atoms with Crippen LogP contribution in [0, 0.1) is 11.3 Å². The van der Waals surface area contributed by atoms with Gasteiger partial charge in [0.2, 0.25) is 0 Å². The molecular formula is C14H21NO. The summed E-state index contributed by atoms with van der Waals surface area (Å²) in [7, 11) is 1.73. The summed E-state index contributed by atoms with van der Waals surface area (Å²) in [4.78, 5) is 0. The molecule has 0 bridgehead atoms. The molecule has 2 N–H and O–H groups in total. The van der Waals surface area contributed by atoms with Crippen LogP contribution in [0.3, 0.4) is 0 Å². The molecule has 1 fully saturated rings. The first-order valence-corrected chi connectivity index (χ1v) is 6.01. The van der Waals surface area contributed by atoms with Gasteiger partial charge in [-0.15, -0.1) is 0 Å². The lowest BCUT2D eigenvalue weighted by Gasteiger charge is -2.28. The number of hydrogen-bond donors (Lipinski definition) is 1. The number of hydrogen-bond acceptors (Lipinski definition) is 2. The lowest BCUT2D eigenvalue weighted by atomic mass is 9.79. The van der Waals surface area contributed by atoms with Gasteiger partial charge in [0.05, 0.1) is 7.11 Å². The molecular weight excluding hydrogens is 198 g/mol. The monoisotopic (exact) mass is 219 g/mol. The Labute approximate surface area is 97.8 Å². The molecule has 1 aliphatic rings. The van der Waals surface area contributed by atoms with E-state index >= 15 is 0 Å². The molecule has 1 saturated carbocycles. The lowest BCUT2D eigenvalue weighted by Crippen LogP contribution is -2.31. The van der Waals surface area contributed by atoms with Crippen LogP contribution >= 0.6 is 0 Å². The minimum Gasteiger partial charge on any atom is -0.496 e. The Hall–Kier alpha value is -1.02. The highest BCUT2D eigenvalue weighted by atomic mass is 16.5. The molecule has 0 spiro atoms. The zero-order chi connectivity index (χ0) is 11.6. The summed E-state index contributed by atoms with van der Waals surface area (Å²) in [5.41, 5.74) is 7.47. The van der Waals surface area contributed by atoms with Crippen LogP contribution in [-0.4, -0.2) is 13.7 Å². The summed E-state index contributed by atoms with van der Waals surface area (Å²) in [6, 6.07) is 8.26. The first-order valence-electron chi connectivity index (χ1n) is 6.01. The van der Waals surface area contributed by atoms with Gasteiger partial charge in [-0.05, 0) is 48.8 Å². The Bertz CT molecular complexity index is 360. The standard InChI is InChI=1S/C14H21NO/c1-14(10-15,12-7-8-12)9-11-5-3-4-6-13(11)16-2/h3-6,12H,7-10,15H2,1-2H3. The van der Waals surface area contributed by atoms with Crippen molar-refractivity contribution in [2.24, 2.45) is 17.1 Å². The molecule has 0 aromatic heterocycles. The maximum atomic E-state index is 5.95. The van der Waals surface area contributed by atoms with Crippen LogP contribution in [-0.2, 0) is 6.42 Å². The topological polar surface area (TPSA) is 35.2 Å². The largest absolute Gasteiger partial charge is 0.496 e. The third-order valence-electron chi connectivity index (χ3n) is 3.82. The maximum absolute atomic E-state index is 5.95. The van der Waals surface area contributed by atoms with E-state index < -0.39 is 0 Å². The molecule has 16 heavy (non-hydrogen) atoms. The van der Waals surface area contributed by atoms with Crippen molar-refractivity contribution in [2.45, 2.75) is 26.2 Å². The van der Waals surface area contributed by atoms with Crippen molar-refractivity contribution < 1.29 is 4.74 Å². The molecule has 1 aromatic rings. The molecule has 0 heterocycles. The van der Waals surface area contributed by atoms with Gasteiger partial charge in [0.1, 0.15) is 5.75 Å². The van der Waals surface area contributed by atoms with E-state index in [2.05, 4.69) is 19.1 Å². The number of para-hydroxylation sites is 1. The highest BCUT2D eigenvalue weighted by Crippen LogP contribution is 2.47. The van der Waals surface area contributed by atoms with Crippen molar-refractivity contribution in [1.82, 2.24) is 0 Å². The van der Waals surface area contributed by atoms with Crippen LogP contribution in [0.25, 0.3) is 0 Å². The van der Waals surface area contributed by atoms with E-state index in [0.717, 1.165) is 24.6 Å². The van der Waals surface area contributed by atoms with E-state index in [0.29, 0.717) is 0 Å². The third-order valence-corrected chi connectivity index (χ3v) is 3.82. The smallest absolute Gasteiger partial charge is 0.122 e. The minimum absolute atomic E-state index is 0.245. The van der Waals surface area contributed by atoms with Gasteiger partial charge >= 0.3 is 0 Å². The normalized spacial score (nSPS) is 19.2. The Morgan fingerprint density at radius 3 is 2.62 bits per heavy atom. The van der Waals surface area contributed by atoms with Crippen molar-refractivity contribution in [3.05, 3.63) is 29.8 Å². The summed E-state index contributed by atoms with van der Waals surface area (Å²) in [5.74, 6) is 1.80. The van der Waals surface area contributed by atoms with E-state index in [1.54, 1.807) is 7.11 Å². The van der Waals surface area contributed by atoms with Gasteiger partial charge < -0.3 is 10.5 Å². The van der Waals surface area contributed by atoms with Crippen LogP contribution in [0.15, 0.2) is 24.3 Å². The predicted octanol–water partition coefficient (Wildman–Crippen LogP) is 2.61. The van der Waals surface area contributed by atoms with Crippen molar-refractivity contribution in [3.8, 4) is 5.75 Å². The summed E-state index contributed by atoms with van der Waals surface area (Å²) in [6.07, 6.45) is 3.70. The zero-order valence-electron chi connectivity index (χ0n) is 10.2. The molecule has 88 valence electrons. The maximum Gasteiger partial charge on any atom is 0.122 e. The fourth-order valence-electron chi connectivity index (χ4n) is 2.45. The van der Waals surface area contributed by atoms with Gasteiger partial charge in [-0.3, -0.25) is 0 Å². The average Bonchev–Trinajstić information content (AvgIpc) is 3.14. The second-order valence-corrected chi connectivity index (χ2v) is 5.12. The second kappa shape index (κ2) is 4.46. The van der Waals surface area contributed by atoms with Gasteiger partial charge in [0, 0.05) is 0 Å². The molecule has 0 radical (unpaired) electrons. The Kier molecular flexibility index (Phi) is 3.20. The number of methoxy groups -OCH3 is 1. The van der Waals surface area contributed by atoms with Crippen LogP contribution in [0.2, 0.25) is 0 Å². The molecule has 2 heteroatoms. The fraction of sp³-hybridized carbons (Fsp3) is 0.571. The predicted molar refractivity (Wildman–Crippen MR) is 66.6 cm³/mol. The van der Waals surface area contributed by atoms with Crippen molar-refractivity contribution >= 4 is 0 Å². The van der Waals surface area contributed by atoms with Crippen molar-refractivity contribution in [1.29, 1.82) is 0 Å². The van der Waals surface area contributed by atoms with Crippen LogP contribution in [0.5, 0.6) is 5.75 Å². The Morgan fingerprint density at radius 2 is 2.06 bits per heavy atom. The highest BCUT2D eigenvalue weighted by Gasteiger charge is 2.40. The van der Waals surface area contributed by atoms with E-state index in [1.165, 1.54) is 18.4 Å². The van der Waals surface area contributed by atoms with Crippen molar-refractivity contribution in [3.63, 3.8) is 0 Å². The van der Waals surface area contributed by atoms with Crippen LogP contribution in [0.4, 0.5) is 0 Å². The quantitative estimate of drug-likeness (QED) is 0.826. The van der Waals surface area contributed by atoms with Gasteiger partial charge in [-0.25, -0.2) is 0 Å². The first-order chi connectivity index (χ1) is 7.69. The van der Waals surface area contributed by atoms with Crippen molar-refractivity contribution in [2.75, 3.05) is 13.7 Å². The number of nitrogens with two attached hydrogens (primary N) is 1. The Balaban J connectivity index is 2.18. The molecule has 0 aliphatic heterocycles. The van der Waals surface area contributed by atoms with E-state index in [1.807, 2.05) is 12.1 Å². The van der Waals surface area contributed by atoms with E-state index in [-0.39, 0.29) is 5.41 Å². The van der Waals surface area contributed by atoms with E-state index in [9.17, 15) is 0 Å². The van der Waals surface area contributed by atoms with Crippen LogP contribution in [0.1, 0.15) is 25.3 Å². The molecule has 2 nitrogen and oxygen atoms in total. The summed E-state index contributed by atoms with van der Waals surface area (Å²) in [6.45, 7) is 3.06. The lowest BCUT2D eigenvalue weighted by molar-refractivity contribution is 0.277.